The third-order valence-electron chi connectivity index (χ3n) is 4.21. The Hall–Kier alpha value is -1.18. The summed E-state index contributed by atoms with van der Waals surface area (Å²) in [5.74, 6) is 0.971. The molecule has 1 N–H and O–H groups in total. The smallest absolute Gasteiger partial charge is 0.193 e. The van der Waals surface area contributed by atoms with Crippen molar-refractivity contribution in [3.05, 3.63) is 15.6 Å². The number of likely N-dealkylation sites (tertiary alicyclic amines) is 1. The average molecular weight is 355 g/mol. The van der Waals surface area contributed by atoms with Gasteiger partial charge in [-0.3, -0.25) is 4.99 Å². The number of nitrogens with zero attached hydrogens (tertiary/aromatic N) is 3. The van der Waals surface area contributed by atoms with Crippen LogP contribution < -0.4 is 5.32 Å². The summed E-state index contributed by atoms with van der Waals surface area (Å²) < 4.78 is 11.0. The van der Waals surface area contributed by atoms with Crippen LogP contribution in [0.4, 0.5) is 0 Å². The first kappa shape index (κ1) is 19.1. The minimum atomic E-state index is 0.364. The number of thiazole rings is 1. The van der Waals surface area contributed by atoms with Gasteiger partial charge >= 0.3 is 0 Å². The van der Waals surface area contributed by atoms with E-state index in [-0.39, 0.29) is 0 Å². The van der Waals surface area contributed by atoms with Gasteiger partial charge in [0.2, 0.25) is 0 Å². The van der Waals surface area contributed by atoms with Gasteiger partial charge in [-0.25, -0.2) is 4.98 Å². The van der Waals surface area contributed by atoms with Crippen LogP contribution in [0.1, 0.15) is 34.8 Å². The molecule has 1 aliphatic heterocycles. The lowest BCUT2D eigenvalue weighted by Gasteiger charge is -2.34. The Morgan fingerprint density at radius 2 is 2.08 bits per heavy atom. The van der Waals surface area contributed by atoms with Gasteiger partial charge in [0.05, 0.1) is 23.4 Å². The molecule has 0 unspecified atom stereocenters. The summed E-state index contributed by atoms with van der Waals surface area (Å²) in [4.78, 5) is 12.5. The topological polar surface area (TPSA) is 59.0 Å². The zero-order valence-electron chi connectivity index (χ0n) is 15.3. The van der Waals surface area contributed by atoms with Crippen molar-refractivity contribution in [1.29, 1.82) is 0 Å². The molecule has 136 valence electrons. The molecule has 2 heterocycles. The highest BCUT2D eigenvalue weighted by Gasteiger charge is 2.22. The number of hydrogen-bond acceptors (Lipinski definition) is 5. The highest BCUT2D eigenvalue weighted by atomic mass is 32.1. The van der Waals surface area contributed by atoms with Crippen LogP contribution in [0.15, 0.2) is 4.99 Å². The van der Waals surface area contributed by atoms with Crippen molar-refractivity contribution in [2.45, 2.75) is 45.8 Å². The van der Waals surface area contributed by atoms with Crippen LogP contribution in [-0.4, -0.2) is 62.4 Å². The van der Waals surface area contributed by atoms with E-state index < -0.39 is 0 Å². The molecular weight excluding hydrogens is 324 g/mol. The van der Waals surface area contributed by atoms with E-state index in [4.69, 9.17) is 9.47 Å². The highest BCUT2D eigenvalue weighted by molar-refractivity contribution is 7.11. The van der Waals surface area contributed by atoms with Crippen LogP contribution in [0.3, 0.4) is 0 Å². The molecule has 0 atom stereocenters. The number of hydrogen-bond donors (Lipinski definition) is 1. The maximum Gasteiger partial charge on any atom is 0.193 e. The largest absolute Gasteiger partial charge is 0.385 e. The fourth-order valence-electron chi connectivity index (χ4n) is 2.92. The molecule has 0 amide bonds. The molecule has 1 aromatic rings. The number of aliphatic imine (C=N–C) groups is 1. The number of aryl methyl sites for hydroxylation is 2. The number of aromatic nitrogens is 1. The molecule has 0 bridgehead atoms. The van der Waals surface area contributed by atoms with Crippen molar-refractivity contribution in [3.63, 3.8) is 0 Å². The van der Waals surface area contributed by atoms with E-state index >= 15 is 0 Å². The van der Waals surface area contributed by atoms with Crippen LogP contribution in [-0.2, 0) is 16.0 Å². The predicted molar refractivity (Wildman–Crippen MR) is 98.8 cm³/mol. The van der Waals surface area contributed by atoms with E-state index in [0.717, 1.165) is 68.8 Å². The summed E-state index contributed by atoms with van der Waals surface area (Å²) in [5, 5.41) is 4.59. The first-order valence-corrected chi connectivity index (χ1v) is 9.44. The molecule has 7 heteroatoms. The van der Waals surface area contributed by atoms with E-state index in [9.17, 15) is 0 Å². The predicted octanol–water partition coefficient (Wildman–Crippen LogP) is 2.35. The van der Waals surface area contributed by atoms with Crippen molar-refractivity contribution in [1.82, 2.24) is 15.2 Å². The lowest BCUT2D eigenvalue weighted by molar-refractivity contribution is 0.00990. The summed E-state index contributed by atoms with van der Waals surface area (Å²) in [5.41, 5.74) is 1.11. The number of rotatable bonds is 7. The molecule has 2 rings (SSSR count). The van der Waals surface area contributed by atoms with E-state index in [1.54, 1.807) is 18.4 Å². The third kappa shape index (κ3) is 5.72. The molecule has 0 radical (unpaired) electrons. The van der Waals surface area contributed by atoms with Gasteiger partial charge in [0.25, 0.3) is 0 Å². The molecule has 1 aliphatic rings. The molecule has 6 nitrogen and oxygen atoms in total. The second kappa shape index (κ2) is 9.96. The highest BCUT2D eigenvalue weighted by Crippen LogP contribution is 2.18. The molecule has 24 heavy (non-hydrogen) atoms. The van der Waals surface area contributed by atoms with E-state index in [2.05, 4.69) is 27.1 Å². The fourth-order valence-corrected chi connectivity index (χ4v) is 3.79. The van der Waals surface area contributed by atoms with E-state index in [1.165, 1.54) is 4.88 Å². The molecule has 1 fully saturated rings. The van der Waals surface area contributed by atoms with E-state index in [1.807, 2.05) is 14.0 Å². The van der Waals surface area contributed by atoms with Gasteiger partial charge in [0, 0.05) is 45.3 Å². The van der Waals surface area contributed by atoms with Crippen LogP contribution in [0.5, 0.6) is 0 Å². The Balaban J connectivity index is 1.74. The van der Waals surface area contributed by atoms with Gasteiger partial charge in [-0.05, 0) is 33.1 Å². The summed E-state index contributed by atoms with van der Waals surface area (Å²) in [6.45, 7) is 8.42. The number of guanidine groups is 1. The monoisotopic (exact) mass is 354 g/mol. The van der Waals surface area contributed by atoms with Crippen molar-refractivity contribution >= 4 is 17.3 Å². The molecule has 0 spiro atoms. The minimum absolute atomic E-state index is 0.364. The Kier molecular flexibility index (Phi) is 7.94. The minimum Gasteiger partial charge on any atom is -0.385 e. The van der Waals surface area contributed by atoms with Gasteiger partial charge in [-0.1, -0.05) is 0 Å². The number of nitrogens with one attached hydrogen (secondary N) is 1. The maximum atomic E-state index is 5.92. The number of piperidine rings is 1. The molecule has 0 aliphatic carbocycles. The summed E-state index contributed by atoms with van der Waals surface area (Å²) in [7, 11) is 3.58. The quantitative estimate of drug-likeness (QED) is 0.463. The van der Waals surface area contributed by atoms with E-state index in [0.29, 0.717) is 6.10 Å². The number of methoxy groups -OCH3 is 1. The first-order valence-electron chi connectivity index (χ1n) is 8.63. The SMILES string of the molecule is CN=C(NCc1sc(C)nc1C)N1CCC(OCCCOC)CC1. The van der Waals surface area contributed by atoms with Gasteiger partial charge in [0.15, 0.2) is 5.96 Å². The molecule has 1 aromatic heterocycles. The normalized spacial score (nSPS) is 16.7. The average Bonchev–Trinajstić information content (AvgIpc) is 2.91. The summed E-state index contributed by atoms with van der Waals surface area (Å²) in [6.07, 6.45) is 3.43. The molecule has 0 saturated carbocycles. The Bertz CT molecular complexity index is 525. The molecule has 1 saturated heterocycles. The molecular formula is C17H30N4O2S. The zero-order valence-corrected chi connectivity index (χ0v) is 16.1. The van der Waals surface area contributed by atoms with Gasteiger partial charge in [0.1, 0.15) is 0 Å². The Labute approximate surface area is 149 Å². The van der Waals surface area contributed by atoms with Crippen LogP contribution in [0.25, 0.3) is 0 Å². The zero-order chi connectivity index (χ0) is 17.4. The van der Waals surface area contributed by atoms with Gasteiger partial charge in [-0.2, -0.15) is 0 Å². The second-order valence-corrected chi connectivity index (χ2v) is 7.33. The second-order valence-electron chi connectivity index (χ2n) is 6.05. The summed E-state index contributed by atoms with van der Waals surface area (Å²) >= 11 is 1.75. The Morgan fingerprint density at radius 3 is 2.67 bits per heavy atom. The summed E-state index contributed by atoms with van der Waals surface area (Å²) in [6, 6.07) is 0. The van der Waals surface area contributed by atoms with Gasteiger partial charge < -0.3 is 19.7 Å². The van der Waals surface area contributed by atoms with Crippen LogP contribution in [0.2, 0.25) is 0 Å². The van der Waals surface area contributed by atoms with Crippen molar-refractivity contribution in [2.24, 2.45) is 4.99 Å². The lowest BCUT2D eigenvalue weighted by Crippen LogP contribution is -2.46. The van der Waals surface area contributed by atoms with Crippen LogP contribution >= 0.6 is 11.3 Å². The standard InChI is InChI=1S/C17H30N4O2S/c1-13-16(24-14(2)20-13)12-19-17(18-3)21-8-6-15(7-9-21)23-11-5-10-22-4/h15H,5-12H2,1-4H3,(H,18,19). The number of ether oxygens (including phenoxy) is 2. The first-order chi connectivity index (χ1) is 11.6. The van der Waals surface area contributed by atoms with Crippen LogP contribution in [0, 0.1) is 13.8 Å². The Morgan fingerprint density at radius 1 is 1.33 bits per heavy atom. The van der Waals surface area contributed by atoms with Crippen molar-refractivity contribution < 1.29 is 9.47 Å². The lowest BCUT2D eigenvalue weighted by atomic mass is 10.1. The fraction of sp³-hybridized carbons (Fsp3) is 0.765. The van der Waals surface area contributed by atoms with Crippen molar-refractivity contribution in [2.75, 3.05) is 40.5 Å². The van der Waals surface area contributed by atoms with Crippen molar-refractivity contribution in [3.8, 4) is 0 Å². The van der Waals surface area contributed by atoms with Gasteiger partial charge in [-0.15, -0.1) is 11.3 Å². The maximum absolute atomic E-state index is 5.92. The molecule has 0 aromatic carbocycles. The third-order valence-corrected chi connectivity index (χ3v) is 5.28.